The Bertz CT molecular complexity index is 430. The maximum absolute atomic E-state index is 11.5. The normalized spacial score (nSPS) is 11.0. The van der Waals surface area contributed by atoms with Gasteiger partial charge in [-0.15, -0.1) is 0 Å². The van der Waals surface area contributed by atoms with E-state index in [4.69, 9.17) is 10.00 Å². The number of ether oxygens (including phenoxy) is 1. The van der Waals surface area contributed by atoms with Crippen molar-refractivity contribution in [3.05, 3.63) is 35.7 Å². The zero-order valence-corrected chi connectivity index (χ0v) is 9.18. The summed E-state index contributed by atoms with van der Waals surface area (Å²) in [5, 5.41) is 8.83. The van der Waals surface area contributed by atoms with E-state index in [0.717, 1.165) is 0 Å². The summed E-state index contributed by atoms with van der Waals surface area (Å²) in [5.41, 5.74) is 0.668. The second-order valence-corrected chi connectivity index (χ2v) is 3.41. The number of pyridine rings is 1. The van der Waals surface area contributed by atoms with E-state index in [-0.39, 0.29) is 11.7 Å². The first-order chi connectivity index (χ1) is 7.63. The monoisotopic (exact) mass is 216 g/mol. The summed E-state index contributed by atoms with van der Waals surface area (Å²) >= 11 is 0. The number of rotatable bonds is 3. The largest absolute Gasteiger partial charge is 0.459 e. The molecule has 0 bridgehead atoms. The van der Waals surface area contributed by atoms with E-state index in [9.17, 15) is 4.79 Å². The molecule has 0 aromatic carbocycles. The van der Waals surface area contributed by atoms with Gasteiger partial charge in [0.05, 0.1) is 6.10 Å². The second-order valence-electron chi connectivity index (χ2n) is 3.41. The Hall–Kier alpha value is -2.15. The number of nitrogens with zero attached hydrogens (tertiary/aromatic N) is 2. The first kappa shape index (κ1) is 11.9. The van der Waals surface area contributed by atoms with E-state index in [1.54, 1.807) is 38.4 Å². The van der Waals surface area contributed by atoms with Crippen LogP contribution in [0.5, 0.6) is 0 Å². The Morgan fingerprint density at radius 2 is 2.38 bits per heavy atom. The molecule has 0 N–H and O–H groups in total. The molecule has 0 saturated heterocycles. The predicted octanol–water partition coefficient (Wildman–Crippen LogP) is 1.94. The van der Waals surface area contributed by atoms with E-state index in [2.05, 4.69) is 4.98 Å². The molecule has 0 aliphatic heterocycles. The van der Waals surface area contributed by atoms with E-state index in [1.807, 2.05) is 6.07 Å². The van der Waals surface area contributed by atoms with Crippen LogP contribution in [0.25, 0.3) is 6.08 Å². The fraction of sp³-hybridized carbons (Fsp3) is 0.250. The summed E-state index contributed by atoms with van der Waals surface area (Å²) in [6.45, 7) is 3.47. The van der Waals surface area contributed by atoms with E-state index >= 15 is 0 Å². The Labute approximate surface area is 94.2 Å². The van der Waals surface area contributed by atoms with Gasteiger partial charge in [-0.3, -0.25) is 4.98 Å². The highest BCUT2D eigenvalue weighted by Gasteiger charge is 2.11. The van der Waals surface area contributed by atoms with Gasteiger partial charge in [0.1, 0.15) is 11.6 Å². The highest BCUT2D eigenvalue weighted by molar-refractivity contribution is 5.97. The average molecular weight is 216 g/mol. The van der Waals surface area contributed by atoms with Crippen LogP contribution >= 0.6 is 0 Å². The third-order valence-electron chi connectivity index (χ3n) is 1.68. The molecule has 4 nitrogen and oxygen atoms in total. The number of carbonyl (C=O) groups is 1. The van der Waals surface area contributed by atoms with Crippen LogP contribution in [0.3, 0.4) is 0 Å². The fourth-order valence-corrected chi connectivity index (χ4v) is 1.04. The van der Waals surface area contributed by atoms with Crippen molar-refractivity contribution >= 4 is 12.0 Å². The van der Waals surface area contributed by atoms with Crippen LogP contribution in [0.1, 0.15) is 19.4 Å². The van der Waals surface area contributed by atoms with Gasteiger partial charge in [-0.25, -0.2) is 4.79 Å². The van der Waals surface area contributed by atoms with Gasteiger partial charge in [-0.1, -0.05) is 6.07 Å². The van der Waals surface area contributed by atoms with Crippen LogP contribution in [0.15, 0.2) is 30.1 Å². The minimum Gasteiger partial charge on any atom is -0.459 e. The smallest absolute Gasteiger partial charge is 0.349 e. The summed E-state index contributed by atoms with van der Waals surface area (Å²) in [6.07, 6.45) is 4.41. The molecule has 1 heterocycles. The van der Waals surface area contributed by atoms with Crippen molar-refractivity contribution in [2.75, 3.05) is 0 Å². The van der Waals surface area contributed by atoms with Crippen LogP contribution in [0, 0.1) is 11.3 Å². The minimum atomic E-state index is -0.610. The lowest BCUT2D eigenvalue weighted by Gasteiger charge is -2.06. The summed E-state index contributed by atoms with van der Waals surface area (Å²) in [4.78, 5) is 15.3. The van der Waals surface area contributed by atoms with Gasteiger partial charge in [0, 0.05) is 12.4 Å². The molecular weight excluding hydrogens is 204 g/mol. The van der Waals surface area contributed by atoms with Crippen LogP contribution in [-0.2, 0) is 9.53 Å². The third-order valence-corrected chi connectivity index (χ3v) is 1.68. The Balaban J connectivity index is 2.88. The first-order valence-electron chi connectivity index (χ1n) is 4.86. The SMILES string of the molecule is CC(C)OC(=O)/C(C#N)=C/c1cccnc1. The molecule has 82 valence electrons. The lowest BCUT2D eigenvalue weighted by atomic mass is 10.2. The van der Waals surface area contributed by atoms with Gasteiger partial charge in [-0.05, 0) is 31.6 Å². The zero-order chi connectivity index (χ0) is 12.0. The van der Waals surface area contributed by atoms with Crippen molar-refractivity contribution in [3.63, 3.8) is 0 Å². The predicted molar refractivity (Wildman–Crippen MR) is 59.1 cm³/mol. The first-order valence-corrected chi connectivity index (χ1v) is 4.86. The molecule has 0 aliphatic rings. The maximum atomic E-state index is 11.5. The van der Waals surface area contributed by atoms with E-state index < -0.39 is 5.97 Å². The molecule has 0 atom stereocenters. The van der Waals surface area contributed by atoms with Gasteiger partial charge < -0.3 is 4.74 Å². The highest BCUT2D eigenvalue weighted by atomic mass is 16.5. The molecule has 0 saturated carbocycles. The molecular formula is C12H12N2O2. The number of esters is 1. The quantitative estimate of drug-likeness (QED) is 0.440. The molecule has 0 amide bonds. The molecule has 0 fully saturated rings. The Kier molecular flexibility index (Phi) is 4.22. The van der Waals surface area contributed by atoms with Gasteiger partial charge in [0.25, 0.3) is 0 Å². The minimum absolute atomic E-state index is 0.0262. The Morgan fingerprint density at radius 3 is 2.88 bits per heavy atom. The van der Waals surface area contributed by atoms with E-state index in [0.29, 0.717) is 5.56 Å². The highest BCUT2D eigenvalue weighted by Crippen LogP contribution is 2.07. The van der Waals surface area contributed by atoms with Crippen molar-refractivity contribution in [2.45, 2.75) is 20.0 Å². The summed E-state index contributed by atoms with van der Waals surface area (Å²) in [5.74, 6) is -0.610. The molecule has 1 aromatic heterocycles. The zero-order valence-electron chi connectivity index (χ0n) is 9.18. The maximum Gasteiger partial charge on any atom is 0.349 e. The van der Waals surface area contributed by atoms with Crippen LogP contribution in [0.2, 0.25) is 0 Å². The molecule has 1 aromatic rings. The number of hydrogen-bond donors (Lipinski definition) is 0. The van der Waals surface area contributed by atoms with Crippen molar-refractivity contribution in [2.24, 2.45) is 0 Å². The molecule has 0 radical (unpaired) electrons. The molecule has 0 unspecified atom stereocenters. The summed E-state index contributed by atoms with van der Waals surface area (Å²) < 4.78 is 4.93. The second kappa shape index (κ2) is 5.66. The molecule has 1 rings (SSSR count). The van der Waals surface area contributed by atoms with Crippen molar-refractivity contribution in [3.8, 4) is 6.07 Å². The third kappa shape index (κ3) is 3.54. The average Bonchev–Trinajstić information content (AvgIpc) is 2.26. The van der Waals surface area contributed by atoms with E-state index in [1.165, 1.54) is 6.08 Å². The number of hydrogen-bond acceptors (Lipinski definition) is 4. The number of nitriles is 1. The standard InChI is InChI=1S/C12H12N2O2/c1-9(2)16-12(15)11(7-13)6-10-4-3-5-14-8-10/h3-6,8-9H,1-2H3/b11-6+. The van der Waals surface area contributed by atoms with Gasteiger partial charge in [0.15, 0.2) is 0 Å². The lowest BCUT2D eigenvalue weighted by molar-refractivity contribution is -0.142. The molecule has 4 heteroatoms. The molecule has 16 heavy (non-hydrogen) atoms. The topological polar surface area (TPSA) is 63.0 Å². The number of carbonyl (C=O) groups excluding carboxylic acids is 1. The van der Waals surface area contributed by atoms with Crippen LogP contribution in [-0.4, -0.2) is 17.1 Å². The van der Waals surface area contributed by atoms with Gasteiger partial charge >= 0.3 is 5.97 Å². The summed E-state index contributed by atoms with van der Waals surface area (Å²) in [7, 11) is 0. The molecule has 0 aliphatic carbocycles. The summed E-state index contributed by atoms with van der Waals surface area (Å²) in [6, 6.07) is 5.30. The van der Waals surface area contributed by atoms with Gasteiger partial charge in [0.2, 0.25) is 0 Å². The molecule has 0 spiro atoms. The fourth-order valence-electron chi connectivity index (χ4n) is 1.04. The number of aromatic nitrogens is 1. The van der Waals surface area contributed by atoms with Crippen molar-refractivity contribution in [1.29, 1.82) is 5.26 Å². The Morgan fingerprint density at radius 1 is 1.62 bits per heavy atom. The van der Waals surface area contributed by atoms with Crippen molar-refractivity contribution < 1.29 is 9.53 Å². The van der Waals surface area contributed by atoms with Crippen molar-refractivity contribution in [1.82, 2.24) is 4.98 Å². The lowest BCUT2D eigenvalue weighted by Crippen LogP contribution is -2.12. The van der Waals surface area contributed by atoms with Crippen LogP contribution in [0.4, 0.5) is 0 Å². The van der Waals surface area contributed by atoms with Gasteiger partial charge in [-0.2, -0.15) is 5.26 Å². The van der Waals surface area contributed by atoms with Crippen LogP contribution < -0.4 is 0 Å².